The minimum Gasteiger partial charge on any atom is -0.312 e. The van der Waals surface area contributed by atoms with Crippen molar-refractivity contribution in [3.8, 4) is 0 Å². The summed E-state index contributed by atoms with van der Waals surface area (Å²) in [7, 11) is 1.75. The van der Waals surface area contributed by atoms with E-state index >= 15 is 0 Å². The number of hydrogen-bond donors (Lipinski definition) is 0. The smallest absolute Gasteiger partial charge is 0.210 e. The quantitative estimate of drug-likeness (QED) is 0.651. The van der Waals surface area contributed by atoms with Gasteiger partial charge in [-0.2, -0.15) is 0 Å². The van der Waals surface area contributed by atoms with E-state index in [1.54, 1.807) is 20.4 Å². The number of carbonyl (C=O) groups is 1. The number of rotatable bonds is 4. The molecule has 13 heavy (non-hydrogen) atoms. The van der Waals surface area contributed by atoms with E-state index in [2.05, 4.69) is 11.9 Å². The minimum atomic E-state index is 0.121. The zero-order valence-electron chi connectivity index (χ0n) is 8.03. The first-order valence-electron chi connectivity index (χ1n) is 4.49. The molecular formula is C10H13BNO. The summed E-state index contributed by atoms with van der Waals surface area (Å²) in [4.78, 5) is 14.9. The van der Waals surface area contributed by atoms with Crippen LogP contribution in [0.2, 0.25) is 0 Å². The average Bonchev–Trinajstić information content (AvgIpc) is 2.15. The topological polar surface area (TPSA) is 30.0 Å². The lowest BCUT2D eigenvalue weighted by Crippen LogP contribution is -2.15. The molecule has 2 nitrogen and oxygen atoms in total. The third kappa shape index (κ3) is 3.01. The Hall–Kier alpha value is -1.12. The second kappa shape index (κ2) is 4.80. The molecule has 0 aliphatic carbocycles. The van der Waals surface area contributed by atoms with Crippen LogP contribution < -0.4 is 0 Å². The fourth-order valence-electron chi connectivity index (χ4n) is 1.33. The highest BCUT2D eigenvalue weighted by molar-refractivity contribution is 6.74. The van der Waals surface area contributed by atoms with Crippen molar-refractivity contribution >= 4 is 13.0 Å². The van der Waals surface area contributed by atoms with Crippen molar-refractivity contribution in [1.82, 2.24) is 4.98 Å². The van der Waals surface area contributed by atoms with Gasteiger partial charge >= 0.3 is 0 Å². The van der Waals surface area contributed by atoms with Gasteiger partial charge in [0.05, 0.1) is 5.68 Å². The van der Waals surface area contributed by atoms with E-state index in [0.29, 0.717) is 0 Å². The maximum Gasteiger partial charge on any atom is 0.210 e. The van der Waals surface area contributed by atoms with Crippen molar-refractivity contribution in [2.24, 2.45) is 0 Å². The third-order valence-electron chi connectivity index (χ3n) is 1.99. The summed E-state index contributed by atoms with van der Waals surface area (Å²) in [5.74, 6) is 0.214. The Labute approximate surface area is 79.6 Å². The molecule has 67 valence electrons. The zero-order valence-corrected chi connectivity index (χ0v) is 8.03. The molecule has 0 N–H and O–H groups in total. The van der Waals surface area contributed by atoms with E-state index in [1.165, 1.54) is 0 Å². The van der Waals surface area contributed by atoms with E-state index in [-0.39, 0.29) is 11.5 Å². The Morgan fingerprint density at radius 1 is 1.69 bits per heavy atom. The normalized spacial score (nSPS) is 12.2. The van der Waals surface area contributed by atoms with E-state index in [0.717, 1.165) is 12.0 Å². The molecule has 1 unspecified atom stereocenters. The van der Waals surface area contributed by atoms with Crippen molar-refractivity contribution in [3.63, 3.8) is 0 Å². The monoisotopic (exact) mass is 174 g/mol. The molecule has 0 saturated heterocycles. The van der Waals surface area contributed by atoms with Crippen LogP contribution in [0.4, 0.5) is 0 Å². The standard InChI is InChI=1S/C10H13BNO/c1-3-10(11-8(2)13)9-5-4-6-12-7-9/h4-7,10H,3H2,1-2H3. The van der Waals surface area contributed by atoms with Crippen LogP contribution in [0.1, 0.15) is 31.6 Å². The summed E-state index contributed by atoms with van der Waals surface area (Å²) < 4.78 is 0. The molecule has 0 bridgehead atoms. The summed E-state index contributed by atoms with van der Waals surface area (Å²) in [6.45, 7) is 3.65. The van der Waals surface area contributed by atoms with Gasteiger partial charge in [0.15, 0.2) is 0 Å². The highest BCUT2D eigenvalue weighted by Crippen LogP contribution is 2.16. The van der Waals surface area contributed by atoms with E-state index in [1.807, 2.05) is 18.3 Å². The number of nitrogens with zero attached hydrogens (tertiary/aromatic N) is 1. The van der Waals surface area contributed by atoms with Gasteiger partial charge in [0.25, 0.3) is 0 Å². The lowest BCUT2D eigenvalue weighted by Gasteiger charge is -2.10. The summed E-state index contributed by atoms with van der Waals surface area (Å²) in [6.07, 6.45) is 4.49. The van der Waals surface area contributed by atoms with Crippen LogP contribution in [0.15, 0.2) is 24.5 Å². The Balaban J connectivity index is 2.73. The van der Waals surface area contributed by atoms with Crippen LogP contribution in [-0.2, 0) is 4.79 Å². The molecule has 3 heteroatoms. The van der Waals surface area contributed by atoms with E-state index in [4.69, 9.17) is 0 Å². The molecule has 0 aromatic carbocycles. The van der Waals surface area contributed by atoms with Crippen LogP contribution in [0.3, 0.4) is 0 Å². The van der Waals surface area contributed by atoms with Crippen LogP contribution in [0.25, 0.3) is 0 Å². The van der Waals surface area contributed by atoms with E-state index in [9.17, 15) is 4.79 Å². The Morgan fingerprint density at radius 3 is 2.92 bits per heavy atom. The highest BCUT2D eigenvalue weighted by atomic mass is 16.1. The number of pyridine rings is 1. The lowest BCUT2D eigenvalue weighted by atomic mass is 9.58. The Kier molecular flexibility index (Phi) is 3.68. The third-order valence-corrected chi connectivity index (χ3v) is 1.99. The fourth-order valence-corrected chi connectivity index (χ4v) is 1.33. The molecule has 1 atom stereocenters. The van der Waals surface area contributed by atoms with Crippen LogP contribution in [0.5, 0.6) is 0 Å². The molecule has 1 heterocycles. The maximum atomic E-state index is 10.9. The second-order valence-corrected chi connectivity index (χ2v) is 3.08. The first-order valence-corrected chi connectivity index (χ1v) is 4.49. The number of hydrogen-bond acceptors (Lipinski definition) is 2. The SMILES string of the molecule is CCC([B]C(C)=O)c1cccnc1. The van der Waals surface area contributed by atoms with Gasteiger partial charge < -0.3 is 4.79 Å². The molecule has 0 aliphatic rings. The van der Waals surface area contributed by atoms with Crippen molar-refractivity contribution < 1.29 is 4.79 Å². The van der Waals surface area contributed by atoms with Crippen molar-refractivity contribution in [1.29, 1.82) is 0 Å². The summed E-state index contributed by atoms with van der Waals surface area (Å²) in [5, 5.41) is 0. The van der Waals surface area contributed by atoms with Crippen molar-refractivity contribution in [3.05, 3.63) is 30.1 Å². The highest BCUT2D eigenvalue weighted by Gasteiger charge is 2.13. The molecule has 0 saturated carbocycles. The van der Waals surface area contributed by atoms with Crippen molar-refractivity contribution in [2.45, 2.75) is 26.1 Å². The molecule has 1 radical (unpaired) electrons. The summed E-state index contributed by atoms with van der Waals surface area (Å²) in [5.41, 5.74) is 1.23. The van der Waals surface area contributed by atoms with E-state index < -0.39 is 0 Å². The van der Waals surface area contributed by atoms with Crippen LogP contribution >= 0.6 is 0 Å². The molecule has 0 spiro atoms. The zero-order chi connectivity index (χ0) is 9.68. The predicted octanol–water partition coefficient (Wildman–Crippen LogP) is 1.78. The van der Waals surface area contributed by atoms with Gasteiger partial charge in [-0.1, -0.05) is 19.4 Å². The fraction of sp³-hybridized carbons (Fsp3) is 0.400. The van der Waals surface area contributed by atoms with Gasteiger partial charge in [-0.3, -0.25) is 4.98 Å². The predicted molar refractivity (Wildman–Crippen MR) is 53.7 cm³/mol. The maximum absolute atomic E-state index is 10.9. The van der Waals surface area contributed by atoms with Gasteiger partial charge in [-0.15, -0.1) is 0 Å². The molecule has 1 aromatic rings. The van der Waals surface area contributed by atoms with Gasteiger partial charge in [0, 0.05) is 12.4 Å². The first kappa shape index (κ1) is 9.97. The Bertz CT molecular complexity index is 274. The second-order valence-electron chi connectivity index (χ2n) is 3.08. The number of aromatic nitrogens is 1. The summed E-state index contributed by atoms with van der Waals surface area (Å²) >= 11 is 0. The number of carbonyl (C=O) groups excluding carboxylic acids is 1. The van der Waals surface area contributed by atoms with Crippen LogP contribution in [0, 0.1) is 0 Å². The molecule has 1 rings (SSSR count). The largest absolute Gasteiger partial charge is 0.312 e. The minimum absolute atomic E-state index is 0.121. The first-order chi connectivity index (χ1) is 6.24. The molecule has 0 aliphatic heterocycles. The van der Waals surface area contributed by atoms with Crippen LogP contribution in [-0.4, -0.2) is 17.9 Å². The Morgan fingerprint density at radius 2 is 2.46 bits per heavy atom. The summed E-state index contributed by atoms with van der Waals surface area (Å²) in [6, 6.07) is 3.90. The molecule has 1 aromatic heterocycles. The van der Waals surface area contributed by atoms with Gasteiger partial charge in [-0.05, 0) is 24.4 Å². The lowest BCUT2D eigenvalue weighted by molar-refractivity contribution is -0.110. The van der Waals surface area contributed by atoms with Gasteiger partial charge in [0.1, 0.15) is 0 Å². The van der Waals surface area contributed by atoms with Gasteiger partial charge in [0.2, 0.25) is 7.28 Å². The average molecular weight is 174 g/mol. The van der Waals surface area contributed by atoms with Crippen molar-refractivity contribution in [2.75, 3.05) is 0 Å². The molecular weight excluding hydrogens is 161 g/mol. The molecule has 0 amide bonds. The molecule has 0 fully saturated rings. The van der Waals surface area contributed by atoms with Gasteiger partial charge in [-0.25, -0.2) is 0 Å².